The summed E-state index contributed by atoms with van der Waals surface area (Å²) < 4.78 is 4.99. The predicted octanol–water partition coefficient (Wildman–Crippen LogP) is 1.66. The second-order valence-electron chi connectivity index (χ2n) is 5.86. The van der Waals surface area contributed by atoms with Gasteiger partial charge in [-0.05, 0) is 18.6 Å². The Hall–Kier alpha value is -2.70. The van der Waals surface area contributed by atoms with Crippen molar-refractivity contribution in [1.29, 1.82) is 0 Å². The Morgan fingerprint density at radius 3 is 2.80 bits per heavy atom. The number of aromatic amines is 1. The summed E-state index contributed by atoms with van der Waals surface area (Å²) in [6, 6.07) is 7.01. The SMILES string of the molecule is CCCCN(C)C(=O)COC(=O)CCc1nc2ccccc2c(=O)[nH]1. The molecule has 1 aromatic heterocycles. The molecule has 0 unspecified atom stereocenters. The maximum Gasteiger partial charge on any atom is 0.306 e. The quantitative estimate of drug-likeness (QED) is 0.735. The van der Waals surface area contributed by atoms with E-state index in [-0.39, 0.29) is 30.9 Å². The standard InChI is InChI=1S/C18H23N3O4/c1-3-4-11-21(2)16(22)12-25-17(23)10-9-15-19-14-8-6-5-7-13(14)18(24)20-15/h5-8H,3-4,9-12H2,1-2H3,(H,19,20,24). The lowest BCUT2D eigenvalue weighted by molar-refractivity contribution is -0.151. The molecule has 7 heteroatoms. The summed E-state index contributed by atoms with van der Waals surface area (Å²) in [4.78, 5) is 44.1. The van der Waals surface area contributed by atoms with Crippen LogP contribution in [0, 0.1) is 0 Å². The Morgan fingerprint density at radius 2 is 2.04 bits per heavy atom. The third-order valence-corrected chi connectivity index (χ3v) is 3.86. The molecule has 1 amide bonds. The first-order valence-electron chi connectivity index (χ1n) is 8.38. The molecule has 2 aromatic rings. The number of unbranched alkanes of at least 4 members (excludes halogenated alkanes) is 1. The zero-order chi connectivity index (χ0) is 18.2. The fraction of sp³-hybridized carbons (Fsp3) is 0.444. The number of aryl methyl sites for hydroxylation is 1. The van der Waals surface area contributed by atoms with E-state index in [0.717, 1.165) is 12.8 Å². The van der Waals surface area contributed by atoms with Crippen molar-refractivity contribution in [2.24, 2.45) is 0 Å². The molecular formula is C18H23N3O4. The highest BCUT2D eigenvalue weighted by molar-refractivity contribution is 5.80. The predicted molar refractivity (Wildman–Crippen MR) is 94.2 cm³/mol. The van der Waals surface area contributed by atoms with E-state index in [4.69, 9.17) is 4.74 Å². The minimum absolute atomic E-state index is 0.0488. The van der Waals surface area contributed by atoms with Gasteiger partial charge in [-0.3, -0.25) is 14.4 Å². The van der Waals surface area contributed by atoms with Crippen LogP contribution in [0.25, 0.3) is 10.9 Å². The minimum Gasteiger partial charge on any atom is -0.456 e. The Bertz CT molecular complexity index is 800. The van der Waals surface area contributed by atoms with Crippen molar-refractivity contribution in [1.82, 2.24) is 14.9 Å². The second-order valence-corrected chi connectivity index (χ2v) is 5.86. The maximum atomic E-state index is 12.0. The number of esters is 1. The van der Waals surface area contributed by atoms with Crippen LogP contribution in [0.2, 0.25) is 0 Å². The molecule has 0 aliphatic carbocycles. The highest BCUT2D eigenvalue weighted by Crippen LogP contribution is 2.07. The van der Waals surface area contributed by atoms with Crippen LogP contribution in [0.3, 0.4) is 0 Å². The summed E-state index contributed by atoms with van der Waals surface area (Å²) in [6.45, 7) is 2.43. The Labute approximate surface area is 146 Å². The number of hydrogen-bond acceptors (Lipinski definition) is 5. The van der Waals surface area contributed by atoms with Gasteiger partial charge in [-0.2, -0.15) is 0 Å². The van der Waals surface area contributed by atoms with E-state index >= 15 is 0 Å². The monoisotopic (exact) mass is 345 g/mol. The van der Waals surface area contributed by atoms with Gasteiger partial charge in [0.1, 0.15) is 5.82 Å². The lowest BCUT2D eigenvalue weighted by Gasteiger charge is -2.16. The molecule has 7 nitrogen and oxygen atoms in total. The third kappa shape index (κ3) is 5.41. The van der Waals surface area contributed by atoms with E-state index in [0.29, 0.717) is 23.3 Å². The summed E-state index contributed by atoms with van der Waals surface area (Å²) in [5.74, 6) is -0.292. The molecule has 0 saturated carbocycles. The number of carbonyl (C=O) groups excluding carboxylic acids is 2. The minimum atomic E-state index is -0.493. The van der Waals surface area contributed by atoms with Gasteiger partial charge in [-0.25, -0.2) is 4.98 Å². The van der Waals surface area contributed by atoms with Crippen molar-refractivity contribution in [3.05, 3.63) is 40.4 Å². The molecule has 0 aliphatic rings. The normalized spacial score (nSPS) is 10.6. The van der Waals surface area contributed by atoms with E-state index in [2.05, 4.69) is 9.97 Å². The summed E-state index contributed by atoms with van der Waals surface area (Å²) in [5, 5.41) is 0.509. The van der Waals surface area contributed by atoms with Crippen LogP contribution >= 0.6 is 0 Å². The summed E-state index contributed by atoms with van der Waals surface area (Å²) in [6.07, 6.45) is 2.21. The molecule has 1 N–H and O–H groups in total. The first kappa shape index (κ1) is 18.6. The number of likely N-dealkylation sites (N-methyl/N-ethyl adjacent to an activating group) is 1. The molecule has 0 aliphatic heterocycles. The van der Waals surface area contributed by atoms with Crippen molar-refractivity contribution >= 4 is 22.8 Å². The molecule has 0 radical (unpaired) electrons. The number of amides is 1. The van der Waals surface area contributed by atoms with Crippen LogP contribution in [0.1, 0.15) is 32.0 Å². The van der Waals surface area contributed by atoms with E-state index in [1.165, 1.54) is 0 Å². The van der Waals surface area contributed by atoms with E-state index in [1.807, 2.05) is 6.92 Å². The molecule has 0 spiro atoms. The largest absolute Gasteiger partial charge is 0.456 e. The van der Waals surface area contributed by atoms with Crippen molar-refractivity contribution in [3.8, 4) is 0 Å². The number of nitrogens with zero attached hydrogens (tertiary/aromatic N) is 2. The molecule has 1 heterocycles. The molecule has 0 atom stereocenters. The number of hydrogen-bond donors (Lipinski definition) is 1. The third-order valence-electron chi connectivity index (χ3n) is 3.86. The van der Waals surface area contributed by atoms with E-state index < -0.39 is 5.97 Å². The van der Waals surface area contributed by atoms with Crippen LogP contribution < -0.4 is 5.56 Å². The van der Waals surface area contributed by atoms with Gasteiger partial charge >= 0.3 is 5.97 Å². The molecule has 134 valence electrons. The molecule has 0 bridgehead atoms. The van der Waals surface area contributed by atoms with Crippen LogP contribution in [0.15, 0.2) is 29.1 Å². The van der Waals surface area contributed by atoms with Crippen LogP contribution in [0.4, 0.5) is 0 Å². The average molecular weight is 345 g/mol. The first-order chi connectivity index (χ1) is 12.0. The first-order valence-corrected chi connectivity index (χ1v) is 8.38. The van der Waals surface area contributed by atoms with E-state index in [1.54, 1.807) is 36.2 Å². The van der Waals surface area contributed by atoms with E-state index in [9.17, 15) is 14.4 Å². The number of aromatic nitrogens is 2. The van der Waals surface area contributed by atoms with Gasteiger partial charge in [0.2, 0.25) is 0 Å². The number of benzene rings is 1. The van der Waals surface area contributed by atoms with Gasteiger partial charge in [0.05, 0.1) is 17.3 Å². The summed E-state index contributed by atoms with van der Waals surface area (Å²) in [7, 11) is 1.69. The second kappa shape index (κ2) is 8.96. The van der Waals surface area contributed by atoms with Gasteiger partial charge in [0.25, 0.3) is 11.5 Å². The zero-order valence-electron chi connectivity index (χ0n) is 14.6. The number of fused-ring (bicyclic) bond motifs is 1. The lowest BCUT2D eigenvalue weighted by atomic mass is 10.2. The number of ether oxygens (including phenoxy) is 1. The smallest absolute Gasteiger partial charge is 0.306 e. The average Bonchev–Trinajstić information content (AvgIpc) is 2.62. The number of H-pyrrole nitrogens is 1. The maximum absolute atomic E-state index is 12.0. The number of carbonyl (C=O) groups is 2. The molecule has 25 heavy (non-hydrogen) atoms. The van der Waals surface area contributed by atoms with Gasteiger partial charge in [0, 0.05) is 20.0 Å². The zero-order valence-corrected chi connectivity index (χ0v) is 14.6. The molecule has 2 rings (SSSR count). The van der Waals surface area contributed by atoms with Crippen molar-refractivity contribution in [2.45, 2.75) is 32.6 Å². The fourth-order valence-corrected chi connectivity index (χ4v) is 2.32. The van der Waals surface area contributed by atoms with Crippen molar-refractivity contribution in [3.63, 3.8) is 0 Å². The molecule has 1 aromatic carbocycles. The molecular weight excluding hydrogens is 322 g/mol. The highest BCUT2D eigenvalue weighted by Gasteiger charge is 2.12. The number of para-hydroxylation sites is 1. The fourth-order valence-electron chi connectivity index (χ4n) is 2.32. The van der Waals surface area contributed by atoms with Gasteiger partial charge < -0.3 is 14.6 Å². The van der Waals surface area contributed by atoms with Crippen LogP contribution in [-0.2, 0) is 20.7 Å². The van der Waals surface area contributed by atoms with Crippen molar-refractivity contribution < 1.29 is 14.3 Å². The Kier molecular flexibility index (Phi) is 6.68. The molecule has 0 saturated heterocycles. The highest BCUT2D eigenvalue weighted by atomic mass is 16.5. The Morgan fingerprint density at radius 1 is 1.28 bits per heavy atom. The Balaban J connectivity index is 1.84. The lowest BCUT2D eigenvalue weighted by Crippen LogP contribution is -2.32. The van der Waals surface area contributed by atoms with Gasteiger partial charge in [0.15, 0.2) is 6.61 Å². The topological polar surface area (TPSA) is 92.4 Å². The van der Waals surface area contributed by atoms with Gasteiger partial charge in [-0.15, -0.1) is 0 Å². The number of nitrogens with one attached hydrogen (secondary N) is 1. The van der Waals surface area contributed by atoms with Crippen LogP contribution in [0.5, 0.6) is 0 Å². The summed E-state index contributed by atoms with van der Waals surface area (Å²) in [5.41, 5.74) is 0.351. The number of rotatable bonds is 8. The van der Waals surface area contributed by atoms with Gasteiger partial charge in [-0.1, -0.05) is 25.5 Å². The van der Waals surface area contributed by atoms with Crippen molar-refractivity contribution in [2.75, 3.05) is 20.2 Å². The van der Waals surface area contributed by atoms with Crippen LogP contribution in [-0.4, -0.2) is 46.9 Å². The molecule has 0 fully saturated rings. The summed E-state index contributed by atoms with van der Waals surface area (Å²) >= 11 is 0.